The number of halogens is 1. The van der Waals surface area contributed by atoms with Gasteiger partial charge in [0.2, 0.25) is 11.8 Å². The van der Waals surface area contributed by atoms with Crippen LogP contribution in [0.5, 0.6) is 0 Å². The van der Waals surface area contributed by atoms with Crippen molar-refractivity contribution in [1.29, 1.82) is 0 Å². The van der Waals surface area contributed by atoms with Crippen LogP contribution in [0.2, 0.25) is 0 Å². The molecule has 0 bridgehead atoms. The molecule has 2 aromatic rings. The highest BCUT2D eigenvalue weighted by Gasteiger charge is 2.36. The molecule has 31 heavy (non-hydrogen) atoms. The number of piperidine rings is 1. The molecule has 2 saturated heterocycles. The number of thioether (sulfide) groups is 1. The number of nitrogens with one attached hydrogen (secondary N) is 2. The fraction of sp³-hybridized carbons (Fsp3) is 0.524. The van der Waals surface area contributed by atoms with Crippen molar-refractivity contribution in [3.8, 4) is 0 Å². The molecule has 4 heterocycles. The van der Waals surface area contributed by atoms with E-state index in [4.69, 9.17) is 4.98 Å². The number of nitrogens with zero attached hydrogens (tertiary/aromatic N) is 3. The largest absolute Gasteiger partial charge is 0.365 e. The second-order valence-electron chi connectivity index (χ2n) is 9.04. The first-order chi connectivity index (χ1) is 14.6. The second-order valence-corrected chi connectivity index (χ2v) is 10.2. The Kier molecular flexibility index (Phi) is 5.67. The maximum atomic E-state index is 13.9. The summed E-state index contributed by atoms with van der Waals surface area (Å²) in [5.74, 6) is 0.0620. The lowest BCUT2D eigenvalue weighted by Gasteiger charge is -2.32. The molecule has 2 aliphatic heterocycles. The monoisotopic (exact) mass is 447 g/mol. The number of fused-ring (bicyclic) bond motifs is 1. The molecule has 1 atom stereocenters. The van der Waals surface area contributed by atoms with E-state index in [1.165, 1.54) is 12.3 Å². The number of hydrogen-bond donors (Lipinski definition) is 2. The molecule has 8 nitrogen and oxygen atoms in total. The van der Waals surface area contributed by atoms with Gasteiger partial charge in [-0.25, -0.2) is 9.37 Å². The lowest BCUT2D eigenvalue weighted by atomic mass is 9.92. The highest BCUT2D eigenvalue weighted by molar-refractivity contribution is 8.15. The Bertz CT molecular complexity index is 1040. The van der Waals surface area contributed by atoms with Crippen molar-refractivity contribution in [3.63, 3.8) is 0 Å². The molecule has 10 heteroatoms. The summed E-state index contributed by atoms with van der Waals surface area (Å²) in [5, 5.41) is 4.63. The summed E-state index contributed by atoms with van der Waals surface area (Å²) in [6.45, 7) is 7.22. The molecule has 0 aromatic carbocycles. The molecule has 2 fully saturated rings. The summed E-state index contributed by atoms with van der Waals surface area (Å²) in [4.78, 5) is 42.2. The number of imidazole rings is 1. The van der Waals surface area contributed by atoms with Crippen molar-refractivity contribution in [1.82, 2.24) is 19.6 Å². The topological polar surface area (TPSA) is 95.8 Å². The minimum absolute atomic E-state index is 0.0252. The number of amides is 3. The predicted octanol–water partition coefficient (Wildman–Crippen LogP) is 3.13. The number of aromatic nitrogens is 2. The smallest absolute Gasteiger partial charge is 0.286 e. The summed E-state index contributed by atoms with van der Waals surface area (Å²) in [7, 11) is 0. The second kappa shape index (κ2) is 8.14. The number of imide groups is 1. The van der Waals surface area contributed by atoms with Gasteiger partial charge in [0.1, 0.15) is 22.5 Å². The molecular weight excluding hydrogens is 421 g/mol. The van der Waals surface area contributed by atoms with Crippen LogP contribution in [-0.4, -0.2) is 55.2 Å². The lowest BCUT2D eigenvalue weighted by molar-refractivity contribution is -0.133. The van der Waals surface area contributed by atoms with E-state index in [0.717, 1.165) is 36.1 Å². The van der Waals surface area contributed by atoms with Crippen LogP contribution in [-0.2, 0) is 9.59 Å². The van der Waals surface area contributed by atoms with Gasteiger partial charge in [-0.05, 0) is 45.7 Å². The van der Waals surface area contributed by atoms with Gasteiger partial charge in [-0.15, -0.1) is 0 Å². The molecular formula is C21H26FN5O3S. The van der Waals surface area contributed by atoms with Gasteiger partial charge < -0.3 is 10.2 Å². The standard InChI is InChI=1S/C21H26FN5O3S/c1-21(2,3)25-18-17(23-15-5-4-13(22)11-27(15)18)12-6-8-26(9-7-12)16(28)10-14-19(29)24-20(30)31-14/h4-5,11-12,14,25H,6-10H2,1-3H3,(H,24,29,30). The van der Waals surface area contributed by atoms with Crippen LogP contribution in [0.15, 0.2) is 18.3 Å². The zero-order chi connectivity index (χ0) is 22.3. The quantitative estimate of drug-likeness (QED) is 0.748. The van der Waals surface area contributed by atoms with E-state index in [9.17, 15) is 18.8 Å². The molecule has 166 valence electrons. The van der Waals surface area contributed by atoms with Gasteiger partial charge >= 0.3 is 0 Å². The molecule has 0 spiro atoms. The molecule has 1 unspecified atom stereocenters. The minimum Gasteiger partial charge on any atom is -0.365 e. The number of pyridine rings is 1. The summed E-state index contributed by atoms with van der Waals surface area (Å²) in [6.07, 6.45) is 2.90. The summed E-state index contributed by atoms with van der Waals surface area (Å²) in [6, 6.07) is 3.06. The summed E-state index contributed by atoms with van der Waals surface area (Å²) in [5.41, 5.74) is 1.32. The average Bonchev–Trinajstić information content (AvgIpc) is 3.19. The van der Waals surface area contributed by atoms with Gasteiger partial charge in [-0.3, -0.25) is 24.1 Å². The van der Waals surface area contributed by atoms with Crippen LogP contribution in [0, 0.1) is 5.82 Å². The van der Waals surface area contributed by atoms with Crippen molar-refractivity contribution >= 4 is 40.3 Å². The van der Waals surface area contributed by atoms with Gasteiger partial charge in [0.25, 0.3) is 5.24 Å². The highest BCUT2D eigenvalue weighted by Crippen LogP contribution is 2.35. The highest BCUT2D eigenvalue weighted by atomic mass is 32.2. The number of hydrogen-bond acceptors (Lipinski definition) is 6. The van der Waals surface area contributed by atoms with Crippen molar-refractivity contribution in [2.75, 3.05) is 18.4 Å². The Morgan fingerprint density at radius 2 is 2.00 bits per heavy atom. The Labute approximate surface area is 183 Å². The molecule has 2 aliphatic rings. The minimum atomic E-state index is -0.645. The van der Waals surface area contributed by atoms with Crippen molar-refractivity contribution in [2.24, 2.45) is 0 Å². The fourth-order valence-corrected chi connectivity index (χ4v) is 4.83. The summed E-state index contributed by atoms with van der Waals surface area (Å²) >= 11 is 0.875. The van der Waals surface area contributed by atoms with E-state index in [0.29, 0.717) is 18.7 Å². The van der Waals surface area contributed by atoms with E-state index in [1.54, 1.807) is 15.4 Å². The van der Waals surface area contributed by atoms with Crippen LogP contribution >= 0.6 is 11.8 Å². The van der Waals surface area contributed by atoms with Gasteiger partial charge in [0.05, 0.1) is 5.69 Å². The first-order valence-corrected chi connectivity index (χ1v) is 11.2. The first kappa shape index (κ1) is 21.6. The van der Waals surface area contributed by atoms with Crippen LogP contribution in [0.4, 0.5) is 15.0 Å². The van der Waals surface area contributed by atoms with E-state index in [-0.39, 0.29) is 29.6 Å². The predicted molar refractivity (Wildman–Crippen MR) is 117 cm³/mol. The molecule has 2 aromatic heterocycles. The first-order valence-electron chi connectivity index (χ1n) is 10.4. The van der Waals surface area contributed by atoms with Gasteiger partial charge in [-0.2, -0.15) is 0 Å². The molecule has 0 saturated carbocycles. The number of rotatable bonds is 4. The van der Waals surface area contributed by atoms with E-state index in [2.05, 4.69) is 10.6 Å². The molecule has 0 radical (unpaired) electrons. The van der Waals surface area contributed by atoms with E-state index < -0.39 is 16.4 Å². The van der Waals surface area contributed by atoms with Gasteiger partial charge in [0, 0.05) is 37.2 Å². The number of carbonyl (C=O) groups excluding carboxylic acids is 3. The zero-order valence-corrected chi connectivity index (χ0v) is 18.6. The molecule has 2 N–H and O–H groups in total. The van der Waals surface area contributed by atoms with Crippen LogP contribution in [0.1, 0.15) is 51.6 Å². The molecule has 4 rings (SSSR count). The third-order valence-electron chi connectivity index (χ3n) is 5.46. The van der Waals surface area contributed by atoms with Gasteiger partial charge in [-0.1, -0.05) is 11.8 Å². The average molecular weight is 448 g/mol. The Morgan fingerprint density at radius 3 is 2.61 bits per heavy atom. The maximum absolute atomic E-state index is 13.9. The van der Waals surface area contributed by atoms with Gasteiger partial charge in [0.15, 0.2) is 0 Å². The van der Waals surface area contributed by atoms with Crippen molar-refractivity contribution in [3.05, 3.63) is 29.8 Å². The summed E-state index contributed by atoms with van der Waals surface area (Å²) < 4.78 is 15.6. The zero-order valence-electron chi connectivity index (χ0n) is 17.8. The Morgan fingerprint density at radius 1 is 1.29 bits per heavy atom. The third kappa shape index (κ3) is 4.68. The third-order valence-corrected chi connectivity index (χ3v) is 6.45. The Balaban J connectivity index is 1.48. The van der Waals surface area contributed by atoms with E-state index >= 15 is 0 Å². The molecule has 3 amide bonds. The number of carbonyl (C=O) groups is 3. The van der Waals surface area contributed by atoms with E-state index in [1.807, 2.05) is 20.8 Å². The fourth-order valence-electron chi connectivity index (χ4n) is 4.02. The van der Waals surface area contributed by atoms with Crippen LogP contribution in [0.25, 0.3) is 5.65 Å². The maximum Gasteiger partial charge on any atom is 0.286 e. The number of likely N-dealkylation sites (tertiary alicyclic amines) is 1. The van der Waals surface area contributed by atoms with Crippen LogP contribution in [0.3, 0.4) is 0 Å². The molecule has 0 aliphatic carbocycles. The number of anilines is 1. The van der Waals surface area contributed by atoms with Crippen LogP contribution < -0.4 is 10.6 Å². The Hall–Kier alpha value is -2.62. The lowest BCUT2D eigenvalue weighted by Crippen LogP contribution is -2.40. The van der Waals surface area contributed by atoms with Crippen molar-refractivity contribution in [2.45, 2.75) is 56.7 Å². The SMILES string of the molecule is CC(C)(C)Nc1c(C2CCN(C(=O)CC3SC(=O)NC3=O)CC2)nc2ccc(F)cn12. The van der Waals surface area contributed by atoms with Crippen molar-refractivity contribution < 1.29 is 18.8 Å². The normalized spacial score (nSPS) is 20.4.